The second-order valence-corrected chi connectivity index (χ2v) is 7.80. The van der Waals surface area contributed by atoms with Crippen LogP contribution in [0.25, 0.3) is 10.8 Å². The molecule has 4 rings (SSSR count). The molecule has 3 aromatic rings. The molecule has 1 aromatic heterocycles. The van der Waals surface area contributed by atoms with Crippen LogP contribution in [-0.4, -0.2) is 35.4 Å². The van der Waals surface area contributed by atoms with Crippen LogP contribution in [0.1, 0.15) is 17.1 Å². The largest absolute Gasteiger partial charge is 0.356 e. The minimum atomic E-state index is -0.872. The summed E-state index contributed by atoms with van der Waals surface area (Å²) in [6.45, 7) is 2.36. The zero-order chi connectivity index (χ0) is 20.4. The zero-order valence-corrected chi connectivity index (χ0v) is 16.7. The van der Waals surface area contributed by atoms with Crippen molar-refractivity contribution in [1.29, 1.82) is 0 Å². The molecule has 7 nitrogen and oxygen atoms in total. The molecule has 0 aliphatic carbocycles. The SMILES string of the molecule is Cc1csc(CCNC(=O)C[C@H]2NC(=O)N(c3cccc4ccccc34)C2=O)n1. The number of hydrogen-bond donors (Lipinski definition) is 2. The average molecular weight is 408 g/mol. The molecule has 2 aromatic carbocycles. The number of carbonyl (C=O) groups excluding carboxylic acids is 3. The van der Waals surface area contributed by atoms with Gasteiger partial charge in [-0.05, 0) is 18.4 Å². The summed E-state index contributed by atoms with van der Waals surface area (Å²) in [4.78, 5) is 43.1. The van der Waals surface area contributed by atoms with Crippen molar-refractivity contribution in [3.05, 3.63) is 58.5 Å². The molecule has 2 heterocycles. The third kappa shape index (κ3) is 3.97. The van der Waals surface area contributed by atoms with E-state index in [4.69, 9.17) is 0 Å². The maximum absolute atomic E-state index is 12.8. The molecule has 1 saturated heterocycles. The lowest BCUT2D eigenvalue weighted by atomic mass is 10.1. The Morgan fingerprint density at radius 2 is 2.00 bits per heavy atom. The Bertz CT molecular complexity index is 1090. The maximum Gasteiger partial charge on any atom is 0.329 e. The van der Waals surface area contributed by atoms with Gasteiger partial charge in [0.1, 0.15) is 6.04 Å². The van der Waals surface area contributed by atoms with Crippen LogP contribution in [-0.2, 0) is 16.0 Å². The van der Waals surface area contributed by atoms with E-state index in [0.717, 1.165) is 26.4 Å². The molecule has 29 heavy (non-hydrogen) atoms. The van der Waals surface area contributed by atoms with E-state index in [1.54, 1.807) is 23.5 Å². The first-order valence-corrected chi connectivity index (χ1v) is 10.2. The third-order valence-electron chi connectivity index (χ3n) is 4.74. The number of thiazole rings is 1. The Balaban J connectivity index is 1.40. The lowest BCUT2D eigenvalue weighted by Gasteiger charge is -2.15. The topological polar surface area (TPSA) is 91.4 Å². The molecule has 0 radical (unpaired) electrons. The molecule has 4 amide bonds. The van der Waals surface area contributed by atoms with Crippen molar-refractivity contribution in [2.24, 2.45) is 0 Å². The molecule has 0 bridgehead atoms. The number of nitrogens with zero attached hydrogens (tertiary/aromatic N) is 2. The Labute approximate surface area is 171 Å². The van der Waals surface area contributed by atoms with Crippen molar-refractivity contribution < 1.29 is 14.4 Å². The van der Waals surface area contributed by atoms with Crippen LogP contribution in [0.2, 0.25) is 0 Å². The Kier molecular flexibility index (Phi) is 5.26. The third-order valence-corrected chi connectivity index (χ3v) is 5.77. The number of hydrogen-bond acceptors (Lipinski definition) is 5. The van der Waals surface area contributed by atoms with Gasteiger partial charge in [0.15, 0.2) is 0 Å². The highest BCUT2D eigenvalue weighted by Crippen LogP contribution is 2.29. The van der Waals surface area contributed by atoms with Gasteiger partial charge in [-0.3, -0.25) is 9.59 Å². The van der Waals surface area contributed by atoms with Crippen molar-refractivity contribution >= 4 is 45.6 Å². The zero-order valence-electron chi connectivity index (χ0n) is 15.8. The molecule has 1 fully saturated rings. The van der Waals surface area contributed by atoms with Gasteiger partial charge < -0.3 is 10.6 Å². The Morgan fingerprint density at radius 3 is 2.79 bits per heavy atom. The van der Waals surface area contributed by atoms with Gasteiger partial charge >= 0.3 is 6.03 Å². The Morgan fingerprint density at radius 1 is 1.21 bits per heavy atom. The summed E-state index contributed by atoms with van der Waals surface area (Å²) in [5, 5.41) is 10.1. The van der Waals surface area contributed by atoms with Crippen molar-refractivity contribution in [1.82, 2.24) is 15.6 Å². The summed E-state index contributed by atoms with van der Waals surface area (Å²) < 4.78 is 0. The lowest BCUT2D eigenvalue weighted by Crippen LogP contribution is -2.37. The smallest absolute Gasteiger partial charge is 0.329 e. The quantitative estimate of drug-likeness (QED) is 0.614. The van der Waals surface area contributed by atoms with Gasteiger partial charge in [0.05, 0.1) is 17.1 Å². The monoisotopic (exact) mass is 408 g/mol. The average Bonchev–Trinajstić information content (AvgIpc) is 3.24. The van der Waals surface area contributed by atoms with Crippen LogP contribution in [0.5, 0.6) is 0 Å². The predicted octanol–water partition coefficient (Wildman–Crippen LogP) is 2.78. The molecule has 8 heteroatoms. The molecular formula is C21H20N4O3S. The normalized spacial score (nSPS) is 16.3. The van der Waals surface area contributed by atoms with E-state index in [2.05, 4.69) is 15.6 Å². The fourth-order valence-corrected chi connectivity index (χ4v) is 4.16. The van der Waals surface area contributed by atoms with Crippen molar-refractivity contribution in [3.8, 4) is 0 Å². The number of benzene rings is 2. The molecule has 0 spiro atoms. The highest BCUT2D eigenvalue weighted by atomic mass is 32.1. The molecule has 148 valence electrons. The van der Waals surface area contributed by atoms with Crippen LogP contribution in [0.15, 0.2) is 47.8 Å². The van der Waals surface area contributed by atoms with E-state index in [-0.39, 0.29) is 12.3 Å². The van der Waals surface area contributed by atoms with Crippen LogP contribution in [0.3, 0.4) is 0 Å². The minimum Gasteiger partial charge on any atom is -0.356 e. The van der Waals surface area contributed by atoms with Gasteiger partial charge in [-0.2, -0.15) is 0 Å². The number of aryl methyl sites for hydroxylation is 1. The van der Waals surface area contributed by atoms with Gasteiger partial charge in [-0.1, -0.05) is 36.4 Å². The fourth-order valence-electron chi connectivity index (χ4n) is 3.38. The number of nitrogens with one attached hydrogen (secondary N) is 2. The van der Waals surface area contributed by atoms with E-state index in [1.807, 2.05) is 42.6 Å². The van der Waals surface area contributed by atoms with Gasteiger partial charge in [0.25, 0.3) is 5.91 Å². The predicted molar refractivity (Wildman–Crippen MR) is 112 cm³/mol. The summed E-state index contributed by atoms with van der Waals surface area (Å²) in [7, 11) is 0. The Hall–Kier alpha value is -3.26. The second-order valence-electron chi connectivity index (χ2n) is 6.86. The number of anilines is 1. The van der Waals surface area contributed by atoms with Gasteiger partial charge in [-0.15, -0.1) is 11.3 Å². The molecular weight excluding hydrogens is 388 g/mol. The van der Waals surface area contributed by atoms with Gasteiger partial charge in [0.2, 0.25) is 5.91 Å². The minimum absolute atomic E-state index is 0.0945. The van der Waals surface area contributed by atoms with Crippen LogP contribution < -0.4 is 15.5 Å². The first-order chi connectivity index (χ1) is 14.0. The molecule has 1 aliphatic rings. The molecule has 1 aliphatic heterocycles. The number of fused-ring (bicyclic) bond motifs is 1. The summed E-state index contributed by atoms with van der Waals surface area (Å²) in [6, 6.07) is 11.6. The number of imide groups is 1. The number of rotatable bonds is 6. The number of carbonyl (C=O) groups is 3. The molecule has 0 saturated carbocycles. The fraction of sp³-hybridized carbons (Fsp3) is 0.238. The van der Waals surface area contributed by atoms with E-state index in [1.165, 1.54) is 0 Å². The molecule has 2 N–H and O–H groups in total. The number of urea groups is 1. The number of aromatic nitrogens is 1. The van der Waals surface area contributed by atoms with E-state index < -0.39 is 18.0 Å². The number of amides is 4. The first kappa shape index (κ1) is 19.1. The van der Waals surface area contributed by atoms with E-state index in [9.17, 15) is 14.4 Å². The highest BCUT2D eigenvalue weighted by molar-refractivity contribution is 7.09. The molecule has 0 unspecified atom stereocenters. The van der Waals surface area contributed by atoms with Gasteiger partial charge in [-0.25, -0.2) is 14.7 Å². The van der Waals surface area contributed by atoms with Crippen molar-refractivity contribution in [3.63, 3.8) is 0 Å². The van der Waals surface area contributed by atoms with Crippen molar-refractivity contribution in [2.45, 2.75) is 25.8 Å². The first-order valence-electron chi connectivity index (χ1n) is 9.33. The van der Waals surface area contributed by atoms with Crippen LogP contribution >= 0.6 is 11.3 Å². The molecule has 1 atom stereocenters. The van der Waals surface area contributed by atoms with Crippen LogP contribution in [0.4, 0.5) is 10.5 Å². The van der Waals surface area contributed by atoms with Gasteiger partial charge in [0, 0.05) is 29.4 Å². The lowest BCUT2D eigenvalue weighted by molar-refractivity contribution is -0.125. The van der Waals surface area contributed by atoms with Crippen molar-refractivity contribution in [2.75, 3.05) is 11.4 Å². The summed E-state index contributed by atoms with van der Waals surface area (Å²) in [5.74, 6) is -0.700. The summed E-state index contributed by atoms with van der Waals surface area (Å²) >= 11 is 1.55. The summed E-state index contributed by atoms with van der Waals surface area (Å²) in [6.07, 6.45) is 0.542. The maximum atomic E-state index is 12.8. The van der Waals surface area contributed by atoms with E-state index >= 15 is 0 Å². The second kappa shape index (κ2) is 8.00. The summed E-state index contributed by atoms with van der Waals surface area (Å²) in [5.41, 5.74) is 1.48. The highest BCUT2D eigenvalue weighted by Gasteiger charge is 2.40. The van der Waals surface area contributed by atoms with E-state index in [0.29, 0.717) is 18.7 Å². The standard InChI is InChI=1S/C21H20N4O3S/c1-13-12-29-19(23-13)9-10-22-18(26)11-16-20(27)25(21(28)24-16)17-8-4-6-14-5-2-3-7-15(14)17/h2-8,12,16H,9-11H2,1H3,(H,22,26)(H,24,28)/t16-/m1/s1. The van der Waals surface area contributed by atoms with Crippen LogP contribution in [0, 0.1) is 6.92 Å².